The van der Waals surface area contributed by atoms with E-state index in [2.05, 4.69) is 5.32 Å². The van der Waals surface area contributed by atoms with Gasteiger partial charge in [-0.3, -0.25) is 13.9 Å². The van der Waals surface area contributed by atoms with Gasteiger partial charge in [0.25, 0.3) is 0 Å². The second-order valence-corrected chi connectivity index (χ2v) is 12.8. The van der Waals surface area contributed by atoms with Crippen LogP contribution in [0.15, 0.2) is 66.7 Å². The third kappa shape index (κ3) is 9.26. The van der Waals surface area contributed by atoms with E-state index in [9.17, 15) is 18.0 Å². The number of sulfonamides is 1. The molecule has 0 heterocycles. The second kappa shape index (κ2) is 15.3. The van der Waals surface area contributed by atoms with Crippen molar-refractivity contribution < 1.29 is 27.5 Å². The summed E-state index contributed by atoms with van der Waals surface area (Å²) in [5, 5.41) is 3.63. The summed E-state index contributed by atoms with van der Waals surface area (Å²) in [5.74, 6) is -0.254. The van der Waals surface area contributed by atoms with Gasteiger partial charge in [0.15, 0.2) is 11.5 Å². The molecule has 12 heteroatoms. The minimum absolute atomic E-state index is 0.0231. The Hall–Kier alpha value is -3.47. The number of anilines is 1. The van der Waals surface area contributed by atoms with Gasteiger partial charge in [-0.15, -0.1) is 0 Å². The van der Waals surface area contributed by atoms with E-state index < -0.39 is 28.5 Å². The molecule has 3 rings (SSSR count). The van der Waals surface area contributed by atoms with E-state index in [-0.39, 0.29) is 30.6 Å². The summed E-state index contributed by atoms with van der Waals surface area (Å²) in [7, 11) is -1.06. The molecular weight excluding hydrogens is 613 g/mol. The number of halogens is 2. The Labute approximate surface area is 263 Å². The van der Waals surface area contributed by atoms with Crippen LogP contribution in [0, 0.1) is 0 Å². The first kappa shape index (κ1) is 34.0. The van der Waals surface area contributed by atoms with E-state index in [0.29, 0.717) is 33.5 Å². The zero-order valence-corrected chi connectivity index (χ0v) is 27.2. The number of amides is 2. The van der Waals surface area contributed by atoms with Gasteiger partial charge in [-0.25, -0.2) is 8.42 Å². The molecule has 0 saturated carbocycles. The number of nitrogens with one attached hydrogen (secondary N) is 1. The molecule has 2 atom stereocenters. The minimum atomic E-state index is -3.95. The Morgan fingerprint density at radius 2 is 1.58 bits per heavy atom. The molecule has 232 valence electrons. The summed E-state index contributed by atoms with van der Waals surface area (Å²) in [6.45, 7) is 3.23. The Kier molecular flexibility index (Phi) is 12.1. The van der Waals surface area contributed by atoms with Gasteiger partial charge in [-0.05, 0) is 48.7 Å². The third-order valence-corrected chi connectivity index (χ3v) is 8.82. The van der Waals surface area contributed by atoms with E-state index in [1.54, 1.807) is 24.3 Å². The van der Waals surface area contributed by atoms with Crippen LogP contribution in [-0.2, 0) is 32.6 Å². The molecule has 43 heavy (non-hydrogen) atoms. The van der Waals surface area contributed by atoms with Gasteiger partial charge in [-0.1, -0.05) is 66.5 Å². The van der Waals surface area contributed by atoms with Crippen molar-refractivity contribution in [1.82, 2.24) is 10.2 Å². The van der Waals surface area contributed by atoms with Crippen LogP contribution in [0.4, 0.5) is 5.69 Å². The maximum Gasteiger partial charge on any atom is 0.244 e. The zero-order valence-electron chi connectivity index (χ0n) is 24.8. The van der Waals surface area contributed by atoms with E-state index in [1.165, 1.54) is 31.3 Å². The van der Waals surface area contributed by atoms with Gasteiger partial charge < -0.3 is 19.7 Å². The fourth-order valence-electron chi connectivity index (χ4n) is 4.42. The highest BCUT2D eigenvalue weighted by Gasteiger charge is 2.33. The first-order valence-corrected chi connectivity index (χ1v) is 16.3. The number of carbonyl (C=O) groups excluding carboxylic acids is 2. The van der Waals surface area contributed by atoms with Crippen LogP contribution < -0.4 is 19.1 Å². The summed E-state index contributed by atoms with van der Waals surface area (Å²) in [6.07, 6.45) is 1.90. The second-order valence-electron chi connectivity index (χ2n) is 10.1. The van der Waals surface area contributed by atoms with Gasteiger partial charge in [0.2, 0.25) is 21.8 Å². The molecule has 0 aliphatic heterocycles. The average Bonchev–Trinajstić information content (AvgIpc) is 2.98. The van der Waals surface area contributed by atoms with Crippen molar-refractivity contribution in [2.24, 2.45) is 0 Å². The van der Waals surface area contributed by atoms with Crippen molar-refractivity contribution >= 4 is 50.7 Å². The fourth-order valence-corrected chi connectivity index (χ4v) is 5.59. The number of ether oxygens (including phenoxy) is 2. The van der Waals surface area contributed by atoms with Gasteiger partial charge in [0.05, 0.1) is 36.2 Å². The molecule has 0 bridgehead atoms. The number of rotatable bonds is 14. The molecule has 2 amide bonds. The highest BCUT2D eigenvalue weighted by molar-refractivity contribution is 7.92. The maximum absolute atomic E-state index is 14.2. The van der Waals surface area contributed by atoms with E-state index in [1.807, 2.05) is 44.2 Å². The number of methoxy groups -OCH3 is 2. The van der Waals surface area contributed by atoms with Crippen molar-refractivity contribution in [3.63, 3.8) is 0 Å². The summed E-state index contributed by atoms with van der Waals surface area (Å²) in [5.41, 5.74) is 1.65. The van der Waals surface area contributed by atoms with Crippen molar-refractivity contribution in [1.29, 1.82) is 0 Å². The first-order valence-electron chi connectivity index (χ1n) is 13.6. The molecule has 0 aliphatic rings. The van der Waals surface area contributed by atoms with Crippen molar-refractivity contribution in [2.45, 2.75) is 45.3 Å². The largest absolute Gasteiger partial charge is 0.493 e. The number of hydrogen-bond donors (Lipinski definition) is 1. The van der Waals surface area contributed by atoms with Crippen molar-refractivity contribution in [3.05, 3.63) is 87.9 Å². The molecule has 1 N–H and O–H groups in total. The zero-order chi connectivity index (χ0) is 31.7. The van der Waals surface area contributed by atoms with E-state index >= 15 is 0 Å². The molecule has 3 aromatic carbocycles. The lowest BCUT2D eigenvalue weighted by molar-refractivity contribution is -0.140. The van der Waals surface area contributed by atoms with Crippen LogP contribution in [0.3, 0.4) is 0 Å². The summed E-state index contributed by atoms with van der Waals surface area (Å²) >= 11 is 12.4. The molecular formula is C31H37Cl2N3O6S. The number of hydrogen-bond acceptors (Lipinski definition) is 6. The quantitative estimate of drug-likeness (QED) is 0.253. The highest BCUT2D eigenvalue weighted by atomic mass is 35.5. The topological polar surface area (TPSA) is 105 Å². The summed E-state index contributed by atoms with van der Waals surface area (Å²) < 4.78 is 37.7. The SMILES string of the molecule is CC[C@H](C)NC(=O)[C@H](Cc1ccccc1)N(Cc1ccc(Cl)c(Cl)c1)C(=O)CN(c1ccc(OC)c(OC)c1)S(C)(=O)=O. The third-order valence-electron chi connectivity index (χ3n) is 6.94. The van der Waals surface area contributed by atoms with Gasteiger partial charge in [-0.2, -0.15) is 0 Å². The molecule has 0 spiro atoms. The van der Waals surface area contributed by atoms with Gasteiger partial charge in [0.1, 0.15) is 12.6 Å². The predicted octanol–water partition coefficient (Wildman–Crippen LogP) is 5.33. The predicted molar refractivity (Wildman–Crippen MR) is 171 cm³/mol. The van der Waals surface area contributed by atoms with Gasteiger partial charge in [0, 0.05) is 25.1 Å². The Bertz CT molecular complexity index is 1520. The van der Waals surface area contributed by atoms with Crippen molar-refractivity contribution in [3.8, 4) is 11.5 Å². The lowest BCUT2D eigenvalue weighted by atomic mass is 10.0. The maximum atomic E-state index is 14.2. The first-order chi connectivity index (χ1) is 20.4. The van der Waals surface area contributed by atoms with Crippen LogP contribution in [-0.4, -0.2) is 64.2 Å². The molecule has 0 saturated heterocycles. The Balaban J connectivity index is 2.10. The number of carbonyl (C=O) groups is 2. The number of nitrogens with zero attached hydrogens (tertiary/aromatic N) is 2. The standard InChI is InChI=1S/C31H37Cl2N3O6S/c1-6-21(2)34-31(38)27(17-22-10-8-7-9-11-22)35(19-23-12-14-25(32)26(33)16-23)30(37)20-36(43(5,39)40)24-13-15-28(41-3)29(18-24)42-4/h7-16,18,21,27H,6,17,19-20H2,1-5H3,(H,34,38)/t21-,27-/m0/s1. The van der Waals surface area contributed by atoms with Gasteiger partial charge >= 0.3 is 0 Å². The smallest absolute Gasteiger partial charge is 0.244 e. The molecule has 9 nitrogen and oxygen atoms in total. The van der Waals surface area contributed by atoms with Crippen LogP contribution in [0.25, 0.3) is 0 Å². The molecule has 0 fully saturated rings. The average molecular weight is 651 g/mol. The van der Waals surface area contributed by atoms with E-state index in [0.717, 1.165) is 16.1 Å². The van der Waals surface area contributed by atoms with Crippen LogP contribution in [0.2, 0.25) is 10.0 Å². The minimum Gasteiger partial charge on any atom is -0.493 e. The lowest BCUT2D eigenvalue weighted by Crippen LogP contribution is -2.54. The normalized spacial score (nSPS) is 12.6. The van der Waals surface area contributed by atoms with E-state index in [4.69, 9.17) is 32.7 Å². The lowest BCUT2D eigenvalue weighted by Gasteiger charge is -2.34. The molecule has 0 aromatic heterocycles. The van der Waals surface area contributed by atoms with Crippen LogP contribution in [0.5, 0.6) is 11.5 Å². The Morgan fingerprint density at radius 3 is 2.16 bits per heavy atom. The molecule has 0 unspecified atom stereocenters. The van der Waals surface area contributed by atoms with Crippen LogP contribution >= 0.6 is 23.2 Å². The monoisotopic (exact) mass is 649 g/mol. The fraction of sp³-hybridized carbons (Fsp3) is 0.355. The molecule has 3 aromatic rings. The van der Waals surface area contributed by atoms with Crippen LogP contribution in [0.1, 0.15) is 31.4 Å². The molecule has 0 aliphatic carbocycles. The summed E-state index contributed by atoms with van der Waals surface area (Å²) in [6, 6.07) is 17.7. The number of benzene rings is 3. The summed E-state index contributed by atoms with van der Waals surface area (Å²) in [4.78, 5) is 29.4. The molecule has 0 radical (unpaired) electrons. The van der Waals surface area contributed by atoms with Crippen molar-refractivity contribution in [2.75, 3.05) is 31.3 Å². The Morgan fingerprint density at radius 1 is 0.907 bits per heavy atom. The highest BCUT2D eigenvalue weighted by Crippen LogP contribution is 2.33.